The van der Waals surface area contributed by atoms with Gasteiger partial charge in [-0.3, -0.25) is 0 Å². The van der Waals surface area contributed by atoms with Crippen LogP contribution in [0.3, 0.4) is 0 Å². The number of hydrogen-bond donors (Lipinski definition) is 2. The third kappa shape index (κ3) is 3.87. The lowest BCUT2D eigenvalue weighted by atomic mass is 10.1. The summed E-state index contributed by atoms with van der Waals surface area (Å²) >= 11 is 5.33. The van der Waals surface area contributed by atoms with Crippen molar-refractivity contribution in [3.8, 4) is 0 Å². The Morgan fingerprint density at radius 1 is 1.40 bits per heavy atom. The van der Waals surface area contributed by atoms with Crippen molar-refractivity contribution in [3.63, 3.8) is 0 Å². The first-order valence-electron chi connectivity index (χ1n) is 5.53. The molecule has 1 aliphatic heterocycles. The van der Waals surface area contributed by atoms with Gasteiger partial charge < -0.3 is 10.6 Å². The Balaban J connectivity index is 1.65. The van der Waals surface area contributed by atoms with Crippen LogP contribution in [-0.2, 0) is 6.42 Å². The van der Waals surface area contributed by atoms with Crippen molar-refractivity contribution >= 4 is 27.3 Å². The average Bonchev–Trinajstić information content (AvgIpc) is 2.66. The quantitative estimate of drug-likeness (QED) is 0.889. The molecular weight excluding hydrogens is 272 g/mol. The summed E-state index contributed by atoms with van der Waals surface area (Å²) in [4.78, 5) is 1.46. The summed E-state index contributed by atoms with van der Waals surface area (Å²) in [6.45, 7) is 3.45. The predicted octanol–water partition coefficient (Wildman–Crippen LogP) is 2.39. The molecule has 2 nitrogen and oxygen atoms in total. The number of piperidine rings is 1. The van der Waals surface area contributed by atoms with Gasteiger partial charge in [-0.25, -0.2) is 0 Å². The Bertz CT molecular complexity index is 295. The molecule has 0 aliphatic carbocycles. The highest BCUT2D eigenvalue weighted by molar-refractivity contribution is 9.11. The first kappa shape index (κ1) is 11.6. The van der Waals surface area contributed by atoms with E-state index in [2.05, 4.69) is 38.7 Å². The van der Waals surface area contributed by atoms with E-state index in [4.69, 9.17) is 0 Å². The minimum atomic E-state index is 0.731. The van der Waals surface area contributed by atoms with Gasteiger partial charge >= 0.3 is 0 Å². The van der Waals surface area contributed by atoms with E-state index >= 15 is 0 Å². The Morgan fingerprint density at radius 3 is 2.87 bits per heavy atom. The normalized spacial score (nSPS) is 18.2. The van der Waals surface area contributed by atoms with Gasteiger partial charge in [-0.1, -0.05) is 0 Å². The van der Waals surface area contributed by atoms with Gasteiger partial charge in [-0.15, -0.1) is 11.3 Å². The van der Waals surface area contributed by atoms with Crippen LogP contribution in [0.5, 0.6) is 0 Å². The van der Waals surface area contributed by atoms with Crippen molar-refractivity contribution < 1.29 is 0 Å². The van der Waals surface area contributed by atoms with Crippen LogP contribution in [0.25, 0.3) is 0 Å². The van der Waals surface area contributed by atoms with E-state index in [-0.39, 0.29) is 0 Å². The van der Waals surface area contributed by atoms with Crippen molar-refractivity contribution in [2.45, 2.75) is 25.3 Å². The molecule has 0 spiro atoms. The third-order valence-electron chi connectivity index (χ3n) is 2.77. The lowest BCUT2D eigenvalue weighted by Gasteiger charge is -2.23. The van der Waals surface area contributed by atoms with Crippen LogP contribution in [0.2, 0.25) is 0 Å². The summed E-state index contributed by atoms with van der Waals surface area (Å²) in [7, 11) is 0. The maximum atomic E-state index is 3.63. The molecule has 2 rings (SSSR count). The van der Waals surface area contributed by atoms with Gasteiger partial charge in [0, 0.05) is 17.5 Å². The summed E-state index contributed by atoms with van der Waals surface area (Å²) in [5.74, 6) is 0. The molecule has 0 bridgehead atoms. The van der Waals surface area contributed by atoms with Gasteiger partial charge in [0.05, 0.1) is 3.79 Å². The molecule has 2 heterocycles. The maximum absolute atomic E-state index is 3.63. The molecule has 0 amide bonds. The van der Waals surface area contributed by atoms with E-state index in [1.165, 1.54) is 34.6 Å². The molecule has 4 heteroatoms. The largest absolute Gasteiger partial charge is 0.317 e. The highest BCUT2D eigenvalue weighted by Gasteiger charge is 2.11. The molecule has 1 fully saturated rings. The highest BCUT2D eigenvalue weighted by Crippen LogP contribution is 2.22. The zero-order valence-electron chi connectivity index (χ0n) is 8.76. The monoisotopic (exact) mass is 288 g/mol. The van der Waals surface area contributed by atoms with Crippen molar-refractivity contribution in [1.82, 2.24) is 10.6 Å². The number of thiophene rings is 1. The SMILES string of the molecule is Brc1ccc(CCNC2CCNCC2)s1. The van der Waals surface area contributed by atoms with Crippen molar-refractivity contribution in [2.75, 3.05) is 19.6 Å². The predicted molar refractivity (Wildman–Crippen MR) is 69.6 cm³/mol. The van der Waals surface area contributed by atoms with Gasteiger partial charge in [0.15, 0.2) is 0 Å². The molecule has 1 aliphatic rings. The third-order valence-corrected chi connectivity index (χ3v) is 4.46. The maximum Gasteiger partial charge on any atom is 0.0701 e. The molecule has 2 N–H and O–H groups in total. The van der Waals surface area contributed by atoms with Crippen LogP contribution in [-0.4, -0.2) is 25.7 Å². The van der Waals surface area contributed by atoms with E-state index in [9.17, 15) is 0 Å². The average molecular weight is 289 g/mol. The minimum absolute atomic E-state index is 0.731. The number of hydrogen-bond acceptors (Lipinski definition) is 3. The van der Waals surface area contributed by atoms with E-state index in [1.54, 1.807) is 0 Å². The number of halogens is 1. The van der Waals surface area contributed by atoms with E-state index in [0.29, 0.717) is 0 Å². The fraction of sp³-hybridized carbons (Fsp3) is 0.636. The molecule has 0 radical (unpaired) electrons. The topological polar surface area (TPSA) is 24.1 Å². The molecule has 15 heavy (non-hydrogen) atoms. The molecule has 0 saturated carbocycles. The molecular formula is C11H17BrN2S. The second kappa shape index (κ2) is 5.99. The van der Waals surface area contributed by atoms with Crippen molar-refractivity contribution in [2.24, 2.45) is 0 Å². The van der Waals surface area contributed by atoms with Crippen LogP contribution in [0.1, 0.15) is 17.7 Å². The second-order valence-corrected chi connectivity index (χ2v) is 6.48. The summed E-state index contributed by atoms with van der Waals surface area (Å²) in [6, 6.07) is 5.07. The summed E-state index contributed by atoms with van der Waals surface area (Å²) in [6.07, 6.45) is 3.70. The van der Waals surface area contributed by atoms with Gasteiger partial charge in [0.1, 0.15) is 0 Å². The molecule has 0 unspecified atom stereocenters. The highest BCUT2D eigenvalue weighted by atomic mass is 79.9. The van der Waals surface area contributed by atoms with Crippen molar-refractivity contribution in [1.29, 1.82) is 0 Å². The van der Waals surface area contributed by atoms with Gasteiger partial charge in [-0.2, -0.15) is 0 Å². The Kier molecular flexibility index (Phi) is 4.62. The molecule has 1 aromatic rings. The fourth-order valence-corrected chi connectivity index (χ4v) is 3.39. The second-order valence-electron chi connectivity index (χ2n) is 3.93. The number of rotatable bonds is 4. The zero-order valence-corrected chi connectivity index (χ0v) is 11.2. The fourth-order valence-electron chi connectivity index (χ4n) is 1.91. The molecule has 0 atom stereocenters. The number of nitrogens with one attached hydrogen (secondary N) is 2. The smallest absolute Gasteiger partial charge is 0.0701 e. The Labute approximate surface area is 104 Å². The summed E-state index contributed by atoms with van der Waals surface area (Å²) in [5.41, 5.74) is 0. The molecule has 84 valence electrons. The van der Waals surface area contributed by atoms with Crippen LogP contribution < -0.4 is 10.6 Å². The summed E-state index contributed by atoms with van der Waals surface area (Å²) < 4.78 is 1.24. The Hall–Kier alpha value is 0.1000. The lowest BCUT2D eigenvalue weighted by Crippen LogP contribution is -2.40. The molecule has 0 aromatic carbocycles. The first-order chi connectivity index (χ1) is 7.34. The van der Waals surface area contributed by atoms with E-state index < -0.39 is 0 Å². The summed E-state index contributed by atoms with van der Waals surface area (Å²) in [5, 5.41) is 7.01. The zero-order chi connectivity index (χ0) is 10.5. The van der Waals surface area contributed by atoms with Crippen LogP contribution in [0.15, 0.2) is 15.9 Å². The minimum Gasteiger partial charge on any atom is -0.317 e. The Morgan fingerprint density at radius 2 is 2.20 bits per heavy atom. The van der Waals surface area contributed by atoms with Gasteiger partial charge in [-0.05, 0) is 60.4 Å². The first-order valence-corrected chi connectivity index (χ1v) is 7.14. The lowest BCUT2D eigenvalue weighted by molar-refractivity contribution is 0.390. The standard InChI is InChI=1S/C11H17BrN2S/c12-11-2-1-10(15-11)5-8-14-9-3-6-13-7-4-9/h1-2,9,13-14H,3-8H2. The van der Waals surface area contributed by atoms with Gasteiger partial charge in [0.2, 0.25) is 0 Å². The van der Waals surface area contributed by atoms with Crippen LogP contribution in [0, 0.1) is 0 Å². The van der Waals surface area contributed by atoms with E-state index in [1.807, 2.05) is 11.3 Å². The van der Waals surface area contributed by atoms with Crippen LogP contribution >= 0.6 is 27.3 Å². The van der Waals surface area contributed by atoms with Crippen molar-refractivity contribution in [3.05, 3.63) is 20.8 Å². The van der Waals surface area contributed by atoms with E-state index in [0.717, 1.165) is 19.0 Å². The van der Waals surface area contributed by atoms with Gasteiger partial charge in [0.25, 0.3) is 0 Å². The van der Waals surface area contributed by atoms with Crippen LogP contribution in [0.4, 0.5) is 0 Å². The molecule has 1 saturated heterocycles. The molecule has 1 aromatic heterocycles.